The van der Waals surface area contributed by atoms with Crippen LogP contribution >= 0.6 is 11.6 Å². The molecule has 0 bridgehead atoms. The van der Waals surface area contributed by atoms with Crippen LogP contribution < -0.4 is 0 Å². The van der Waals surface area contributed by atoms with E-state index in [-0.39, 0.29) is 0 Å². The lowest BCUT2D eigenvalue weighted by atomic mass is 10.0. The first-order valence-corrected chi connectivity index (χ1v) is 6.38. The summed E-state index contributed by atoms with van der Waals surface area (Å²) in [6.45, 7) is 4.15. The third kappa shape index (κ3) is 1.69. The molecular formula is C13H15ClN2O. The molecule has 3 heterocycles. The van der Waals surface area contributed by atoms with E-state index in [4.69, 9.17) is 16.0 Å². The van der Waals surface area contributed by atoms with E-state index >= 15 is 0 Å². The van der Waals surface area contributed by atoms with Crippen molar-refractivity contribution in [2.75, 3.05) is 0 Å². The van der Waals surface area contributed by atoms with E-state index in [1.807, 2.05) is 19.1 Å². The number of hydrogen-bond acceptors (Lipinski definition) is 2. The molecule has 0 N–H and O–H groups in total. The number of fused-ring (bicyclic) bond motifs is 1. The van der Waals surface area contributed by atoms with Crippen molar-refractivity contribution in [3.8, 4) is 11.6 Å². The van der Waals surface area contributed by atoms with Crippen molar-refractivity contribution in [1.82, 2.24) is 9.55 Å². The lowest BCUT2D eigenvalue weighted by Crippen LogP contribution is -2.15. The van der Waals surface area contributed by atoms with Gasteiger partial charge in [0, 0.05) is 6.04 Å². The van der Waals surface area contributed by atoms with Gasteiger partial charge in [0.05, 0.1) is 5.69 Å². The highest BCUT2D eigenvalue weighted by molar-refractivity contribution is 6.30. The van der Waals surface area contributed by atoms with Crippen LogP contribution in [-0.4, -0.2) is 9.55 Å². The summed E-state index contributed by atoms with van der Waals surface area (Å²) < 4.78 is 7.88. The maximum Gasteiger partial charge on any atom is 0.178 e. The zero-order valence-corrected chi connectivity index (χ0v) is 10.8. The Hall–Kier alpha value is -1.22. The summed E-state index contributed by atoms with van der Waals surface area (Å²) in [6.07, 6.45) is 3.37. The van der Waals surface area contributed by atoms with Gasteiger partial charge in [-0.2, -0.15) is 0 Å². The molecule has 0 aromatic carbocycles. The van der Waals surface area contributed by atoms with Crippen molar-refractivity contribution in [2.45, 2.75) is 39.2 Å². The van der Waals surface area contributed by atoms with Crippen LogP contribution in [0.5, 0.6) is 0 Å². The Kier molecular flexibility index (Phi) is 2.51. The van der Waals surface area contributed by atoms with E-state index in [1.54, 1.807) is 0 Å². The highest BCUT2D eigenvalue weighted by Crippen LogP contribution is 2.35. The second kappa shape index (κ2) is 3.91. The summed E-state index contributed by atoms with van der Waals surface area (Å²) in [5, 5.41) is 0.626. The minimum atomic E-state index is 0.444. The molecule has 0 spiro atoms. The first-order valence-electron chi connectivity index (χ1n) is 6.00. The topological polar surface area (TPSA) is 31.0 Å². The molecule has 0 amide bonds. The monoisotopic (exact) mass is 250 g/mol. The maximum atomic E-state index is 6.21. The van der Waals surface area contributed by atoms with E-state index in [0.717, 1.165) is 29.5 Å². The number of nitrogens with zero attached hydrogens (tertiary/aromatic N) is 2. The SMILES string of the molecule is Cc1ccc(-c2nc(Cl)c3n2C(C)CCC3)o1. The van der Waals surface area contributed by atoms with Gasteiger partial charge in [-0.3, -0.25) is 0 Å². The lowest BCUT2D eigenvalue weighted by Gasteiger charge is -2.23. The number of hydrogen-bond donors (Lipinski definition) is 0. The van der Waals surface area contributed by atoms with Gasteiger partial charge in [0.2, 0.25) is 0 Å². The third-order valence-electron chi connectivity index (χ3n) is 3.40. The molecule has 0 fully saturated rings. The Balaban J connectivity index is 2.18. The highest BCUT2D eigenvalue weighted by atomic mass is 35.5. The molecule has 4 heteroatoms. The molecule has 2 aromatic heterocycles. The molecule has 1 aliphatic rings. The fourth-order valence-electron chi connectivity index (χ4n) is 2.56. The van der Waals surface area contributed by atoms with E-state index in [2.05, 4.69) is 16.5 Å². The van der Waals surface area contributed by atoms with Crippen LogP contribution in [0.1, 0.15) is 37.3 Å². The first kappa shape index (κ1) is 10.9. The third-order valence-corrected chi connectivity index (χ3v) is 3.70. The molecule has 17 heavy (non-hydrogen) atoms. The minimum Gasteiger partial charge on any atom is -0.458 e. The van der Waals surface area contributed by atoms with Crippen LogP contribution in [0.4, 0.5) is 0 Å². The second-order valence-electron chi connectivity index (χ2n) is 4.69. The molecule has 0 saturated heterocycles. The molecule has 2 aromatic rings. The van der Waals surface area contributed by atoms with Gasteiger partial charge >= 0.3 is 0 Å². The molecule has 3 rings (SSSR count). The minimum absolute atomic E-state index is 0.444. The van der Waals surface area contributed by atoms with Gasteiger partial charge in [-0.1, -0.05) is 11.6 Å². The predicted octanol–water partition coefficient (Wildman–Crippen LogP) is 4.00. The van der Waals surface area contributed by atoms with Crippen molar-refractivity contribution in [2.24, 2.45) is 0 Å². The Bertz CT molecular complexity index is 556. The van der Waals surface area contributed by atoms with Crippen molar-refractivity contribution in [3.63, 3.8) is 0 Å². The van der Waals surface area contributed by atoms with Gasteiger partial charge in [0.15, 0.2) is 16.7 Å². The van der Waals surface area contributed by atoms with Crippen LogP contribution in [0.15, 0.2) is 16.5 Å². The first-order chi connectivity index (χ1) is 8.16. The summed E-state index contributed by atoms with van der Waals surface area (Å²) in [5.74, 6) is 2.58. The van der Waals surface area contributed by atoms with E-state index in [1.165, 1.54) is 12.8 Å². The van der Waals surface area contributed by atoms with Crippen LogP contribution in [0.25, 0.3) is 11.6 Å². The lowest BCUT2D eigenvalue weighted by molar-refractivity contribution is 0.429. The number of imidazole rings is 1. The Morgan fingerprint density at radius 3 is 3.00 bits per heavy atom. The van der Waals surface area contributed by atoms with Crippen molar-refractivity contribution >= 4 is 11.6 Å². The largest absolute Gasteiger partial charge is 0.458 e. The number of rotatable bonds is 1. The number of furan rings is 1. The molecule has 0 aliphatic carbocycles. The average molecular weight is 251 g/mol. The summed E-state index contributed by atoms with van der Waals surface area (Å²) in [5.41, 5.74) is 1.15. The van der Waals surface area contributed by atoms with Gasteiger partial charge in [-0.15, -0.1) is 0 Å². The Labute approximate surface area is 105 Å². The average Bonchev–Trinajstić information content (AvgIpc) is 2.85. The van der Waals surface area contributed by atoms with Crippen molar-refractivity contribution in [3.05, 3.63) is 28.7 Å². The smallest absolute Gasteiger partial charge is 0.178 e. The van der Waals surface area contributed by atoms with Crippen molar-refractivity contribution in [1.29, 1.82) is 0 Å². The van der Waals surface area contributed by atoms with Crippen LogP contribution in [0, 0.1) is 6.92 Å². The van der Waals surface area contributed by atoms with E-state index in [0.29, 0.717) is 11.2 Å². The number of halogens is 1. The quantitative estimate of drug-likeness (QED) is 0.766. The molecule has 1 unspecified atom stereocenters. The predicted molar refractivity (Wildman–Crippen MR) is 67.3 cm³/mol. The standard InChI is InChI=1S/C13H15ClN2O/c1-8-4-3-5-10-12(14)15-13(16(8)10)11-7-6-9(2)17-11/h6-8H,3-5H2,1-2H3. The molecule has 0 saturated carbocycles. The van der Waals surface area contributed by atoms with Crippen LogP contribution in [-0.2, 0) is 6.42 Å². The molecule has 1 aliphatic heterocycles. The van der Waals surface area contributed by atoms with E-state index in [9.17, 15) is 0 Å². The molecule has 90 valence electrons. The summed E-state index contributed by atoms with van der Waals surface area (Å²) in [7, 11) is 0. The fraction of sp³-hybridized carbons (Fsp3) is 0.462. The number of aryl methyl sites for hydroxylation is 1. The van der Waals surface area contributed by atoms with Gasteiger partial charge in [0.25, 0.3) is 0 Å². The van der Waals surface area contributed by atoms with E-state index < -0.39 is 0 Å². The van der Waals surface area contributed by atoms with Gasteiger partial charge in [-0.05, 0) is 45.2 Å². The molecule has 3 nitrogen and oxygen atoms in total. The van der Waals surface area contributed by atoms with Crippen LogP contribution in [0.3, 0.4) is 0 Å². The Morgan fingerprint density at radius 1 is 1.47 bits per heavy atom. The molecule has 1 atom stereocenters. The highest BCUT2D eigenvalue weighted by Gasteiger charge is 2.25. The second-order valence-corrected chi connectivity index (χ2v) is 5.05. The summed E-state index contributed by atoms with van der Waals surface area (Å²) in [6, 6.07) is 4.36. The van der Waals surface area contributed by atoms with Gasteiger partial charge in [0.1, 0.15) is 5.76 Å². The fourth-order valence-corrected chi connectivity index (χ4v) is 2.83. The zero-order chi connectivity index (χ0) is 12.0. The number of aromatic nitrogens is 2. The van der Waals surface area contributed by atoms with Gasteiger partial charge in [-0.25, -0.2) is 4.98 Å². The van der Waals surface area contributed by atoms with Gasteiger partial charge < -0.3 is 8.98 Å². The Morgan fingerprint density at radius 2 is 2.29 bits per heavy atom. The van der Waals surface area contributed by atoms with Crippen LogP contribution in [0.2, 0.25) is 5.15 Å². The van der Waals surface area contributed by atoms with Crippen molar-refractivity contribution < 1.29 is 4.42 Å². The summed E-state index contributed by atoms with van der Waals surface area (Å²) >= 11 is 6.21. The maximum absolute atomic E-state index is 6.21. The zero-order valence-electron chi connectivity index (χ0n) is 10.0. The summed E-state index contributed by atoms with van der Waals surface area (Å²) in [4.78, 5) is 4.46. The normalized spacial score (nSPS) is 19.4. The molecular weight excluding hydrogens is 236 g/mol. The molecule has 0 radical (unpaired) electrons.